The minimum absolute atomic E-state index is 0.378. The summed E-state index contributed by atoms with van der Waals surface area (Å²) >= 11 is 0. The first-order valence-corrected chi connectivity index (χ1v) is 6.51. The molecule has 0 aliphatic carbocycles. The first-order chi connectivity index (χ1) is 9.72. The van der Waals surface area contributed by atoms with Crippen molar-refractivity contribution in [2.24, 2.45) is 0 Å². The SMILES string of the molecule is O=C(O)C1(Nc2ccccc2)CCOc2ccccc21. The number of ether oxygens (including phenoxy) is 1. The molecule has 1 aliphatic rings. The van der Waals surface area contributed by atoms with Crippen LogP contribution < -0.4 is 10.1 Å². The molecule has 1 aliphatic heterocycles. The molecule has 0 amide bonds. The number of benzene rings is 2. The fourth-order valence-electron chi connectivity index (χ4n) is 2.57. The van der Waals surface area contributed by atoms with Gasteiger partial charge in [-0.3, -0.25) is 0 Å². The molecule has 0 saturated carbocycles. The van der Waals surface area contributed by atoms with Crippen molar-refractivity contribution in [1.29, 1.82) is 0 Å². The van der Waals surface area contributed by atoms with Gasteiger partial charge in [-0.05, 0) is 18.2 Å². The molecule has 0 bridgehead atoms. The third kappa shape index (κ3) is 1.99. The van der Waals surface area contributed by atoms with Gasteiger partial charge in [0, 0.05) is 17.7 Å². The lowest BCUT2D eigenvalue weighted by molar-refractivity contribution is -0.143. The Balaban J connectivity index is 2.08. The van der Waals surface area contributed by atoms with Crippen molar-refractivity contribution < 1.29 is 14.6 Å². The number of carboxylic acid groups (broad SMARTS) is 1. The van der Waals surface area contributed by atoms with E-state index in [4.69, 9.17) is 4.74 Å². The van der Waals surface area contributed by atoms with Crippen LogP contribution in [0, 0.1) is 0 Å². The van der Waals surface area contributed by atoms with Crippen LogP contribution in [0.4, 0.5) is 5.69 Å². The quantitative estimate of drug-likeness (QED) is 0.899. The molecular weight excluding hydrogens is 254 g/mol. The molecule has 0 aromatic heterocycles. The highest BCUT2D eigenvalue weighted by atomic mass is 16.5. The molecule has 2 aromatic rings. The van der Waals surface area contributed by atoms with Gasteiger partial charge in [0.1, 0.15) is 5.75 Å². The van der Waals surface area contributed by atoms with Crippen LogP contribution in [-0.4, -0.2) is 17.7 Å². The van der Waals surface area contributed by atoms with Gasteiger partial charge >= 0.3 is 5.97 Å². The Labute approximate surface area is 117 Å². The number of anilines is 1. The Morgan fingerprint density at radius 1 is 1.10 bits per heavy atom. The van der Waals surface area contributed by atoms with Crippen molar-refractivity contribution in [3.63, 3.8) is 0 Å². The predicted octanol–water partition coefficient (Wildman–Crippen LogP) is 2.86. The van der Waals surface area contributed by atoms with E-state index >= 15 is 0 Å². The van der Waals surface area contributed by atoms with Crippen molar-refractivity contribution in [2.45, 2.75) is 12.0 Å². The molecule has 0 fully saturated rings. The Hall–Kier alpha value is -2.49. The zero-order valence-corrected chi connectivity index (χ0v) is 10.9. The van der Waals surface area contributed by atoms with E-state index in [0.717, 1.165) is 5.69 Å². The van der Waals surface area contributed by atoms with Gasteiger partial charge in [0.15, 0.2) is 5.54 Å². The maximum Gasteiger partial charge on any atom is 0.334 e. The summed E-state index contributed by atoms with van der Waals surface area (Å²) in [6.45, 7) is 0.378. The second-order valence-corrected chi connectivity index (χ2v) is 4.80. The summed E-state index contributed by atoms with van der Waals surface area (Å²) < 4.78 is 5.56. The third-order valence-corrected chi connectivity index (χ3v) is 3.58. The normalized spacial score (nSPS) is 20.6. The highest BCUT2D eigenvalue weighted by molar-refractivity contribution is 5.86. The van der Waals surface area contributed by atoms with E-state index in [1.807, 2.05) is 42.5 Å². The van der Waals surface area contributed by atoms with Crippen LogP contribution in [0.1, 0.15) is 12.0 Å². The largest absolute Gasteiger partial charge is 0.493 e. The van der Waals surface area contributed by atoms with Gasteiger partial charge in [-0.1, -0.05) is 36.4 Å². The smallest absolute Gasteiger partial charge is 0.334 e. The summed E-state index contributed by atoms with van der Waals surface area (Å²) in [5.41, 5.74) is 0.310. The average Bonchev–Trinajstić information content (AvgIpc) is 2.48. The third-order valence-electron chi connectivity index (χ3n) is 3.58. The summed E-state index contributed by atoms with van der Waals surface area (Å²) in [5.74, 6) is -0.262. The van der Waals surface area contributed by atoms with Crippen molar-refractivity contribution in [1.82, 2.24) is 0 Å². The second-order valence-electron chi connectivity index (χ2n) is 4.80. The lowest BCUT2D eigenvalue weighted by atomic mass is 9.84. The van der Waals surface area contributed by atoms with Crippen LogP contribution in [0.3, 0.4) is 0 Å². The van der Waals surface area contributed by atoms with Crippen molar-refractivity contribution in [3.05, 3.63) is 60.2 Å². The molecule has 102 valence electrons. The van der Waals surface area contributed by atoms with Crippen LogP contribution in [0.2, 0.25) is 0 Å². The zero-order chi connectivity index (χ0) is 14.0. The molecule has 2 N–H and O–H groups in total. The highest BCUT2D eigenvalue weighted by Gasteiger charge is 2.44. The van der Waals surface area contributed by atoms with Gasteiger partial charge in [0.25, 0.3) is 0 Å². The number of carbonyl (C=O) groups is 1. The summed E-state index contributed by atoms with van der Waals surface area (Å²) in [4.78, 5) is 11.9. The highest BCUT2D eigenvalue weighted by Crippen LogP contribution is 2.39. The molecule has 0 saturated heterocycles. The van der Waals surface area contributed by atoms with Gasteiger partial charge in [0.2, 0.25) is 0 Å². The van der Waals surface area contributed by atoms with E-state index in [2.05, 4.69) is 5.32 Å². The maximum atomic E-state index is 11.9. The zero-order valence-electron chi connectivity index (χ0n) is 10.9. The molecule has 2 aromatic carbocycles. The van der Waals surface area contributed by atoms with Crippen LogP contribution in [-0.2, 0) is 10.3 Å². The van der Waals surface area contributed by atoms with E-state index in [0.29, 0.717) is 24.3 Å². The van der Waals surface area contributed by atoms with Gasteiger partial charge in [-0.2, -0.15) is 0 Å². The molecule has 4 heteroatoms. The van der Waals surface area contributed by atoms with Gasteiger partial charge in [0.05, 0.1) is 6.61 Å². The molecule has 0 radical (unpaired) electrons. The lowest BCUT2D eigenvalue weighted by Crippen LogP contribution is -2.47. The van der Waals surface area contributed by atoms with Crippen molar-refractivity contribution in [2.75, 3.05) is 11.9 Å². The predicted molar refractivity (Wildman–Crippen MR) is 75.9 cm³/mol. The van der Waals surface area contributed by atoms with E-state index in [1.54, 1.807) is 12.1 Å². The molecule has 20 heavy (non-hydrogen) atoms. The summed E-state index contributed by atoms with van der Waals surface area (Å²) in [7, 11) is 0. The summed E-state index contributed by atoms with van der Waals surface area (Å²) in [6.07, 6.45) is 0.383. The summed E-state index contributed by atoms with van der Waals surface area (Å²) in [6, 6.07) is 16.7. The number of aliphatic carboxylic acids is 1. The molecule has 1 unspecified atom stereocenters. The topological polar surface area (TPSA) is 58.6 Å². The maximum absolute atomic E-state index is 11.9. The van der Waals surface area contributed by atoms with Crippen LogP contribution in [0.5, 0.6) is 5.75 Å². The van der Waals surface area contributed by atoms with Crippen LogP contribution in [0.15, 0.2) is 54.6 Å². The number of hydrogen-bond acceptors (Lipinski definition) is 3. The van der Waals surface area contributed by atoms with Crippen molar-refractivity contribution in [3.8, 4) is 5.75 Å². The van der Waals surface area contributed by atoms with E-state index < -0.39 is 11.5 Å². The van der Waals surface area contributed by atoms with Crippen LogP contribution >= 0.6 is 0 Å². The molecule has 1 heterocycles. The number of fused-ring (bicyclic) bond motifs is 1. The number of para-hydroxylation sites is 2. The number of nitrogens with one attached hydrogen (secondary N) is 1. The number of hydrogen-bond donors (Lipinski definition) is 2. The van der Waals surface area contributed by atoms with Gasteiger partial charge < -0.3 is 15.2 Å². The number of rotatable bonds is 3. The van der Waals surface area contributed by atoms with Gasteiger partial charge in [-0.25, -0.2) is 4.79 Å². The molecule has 3 rings (SSSR count). The Kier molecular flexibility index (Phi) is 3.06. The van der Waals surface area contributed by atoms with E-state index in [-0.39, 0.29) is 0 Å². The molecular formula is C16H15NO3. The summed E-state index contributed by atoms with van der Waals surface area (Å²) in [5, 5.41) is 12.9. The minimum Gasteiger partial charge on any atom is -0.493 e. The monoisotopic (exact) mass is 269 g/mol. The van der Waals surface area contributed by atoms with Crippen LogP contribution in [0.25, 0.3) is 0 Å². The lowest BCUT2D eigenvalue weighted by Gasteiger charge is -2.36. The average molecular weight is 269 g/mol. The first kappa shape index (κ1) is 12.5. The molecule has 4 nitrogen and oxygen atoms in total. The van der Waals surface area contributed by atoms with E-state index in [9.17, 15) is 9.90 Å². The fraction of sp³-hybridized carbons (Fsp3) is 0.188. The standard InChI is InChI=1S/C16H15NO3/c18-15(19)16(17-12-6-2-1-3-7-12)10-11-20-14-9-5-4-8-13(14)16/h1-9,17H,10-11H2,(H,18,19). The Bertz CT molecular complexity index is 627. The van der Waals surface area contributed by atoms with Crippen molar-refractivity contribution >= 4 is 11.7 Å². The molecule has 1 atom stereocenters. The second kappa shape index (κ2) is 4.89. The molecule has 0 spiro atoms. The van der Waals surface area contributed by atoms with Gasteiger partial charge in [-0.15, -0.1) is 0 Å². The Morgan fingerprint density at radius 3 is 2.55 bits per heavy atom. The minimum atomic E-state index is -1.14. The first-order valence-electron chi connectivity index (χ1n) is 6.51. The fourth-order valence-corrected chi connectivity index (χ4v) is 2.57. The number of carboxylic acids is 1. The Morgan fingerprint density at radius 2 is 1.80 bits per heavy atom. The van der Waals surface area contributed by atoms with E-state index in [1.165, 1.54) is 0 Å².